The zero-order valence-corrected chi connectivity index (χ0v) is 11.1. The van der Waals surface area contributed by atoms with Crippen LogP contribution in [0, 0.1) is 12.7 Å². The van der Waals surface area contributed by atoms with Crippen molar-refractivity contribution < 1.29 is 14.3 Å². The number of halogens is 1. The predicted molar refractivity (Wildman–Crippen MR) is 71.0 cm³/mol. The molecular weight excluding hydrogens is 267 g/mol. The molecule has 0 fully saturated rings. The molecule has 0 saturated carbocycles. The molecule has 0 spiro atoms. The Morgan fingerprint density at radius 2 is 2.32 bits per heavy atom. The quantitative estimate of drug-likeness (QED) is 0.903. The molecule has 100 valence electrons. The summed E-state index contributed by atoms with van der Waals surface area (Å²) in [5.74, 6) is -1.43. The van der Waals surface area contributed by atoms with Crippen molar-refractivity contribution in [2.75, 3.05) is 6.54 Å². The van der Waals surface area contributed by atoms with E-state index in [9.17, 15) is 9.18 Å². The molecule has 19 heavy (non-hydrogen) atoms. The average molecular weight is 280 g/mol. The number of carbonyl (C=O) groups excluding carboxylic acids is 1. The van der Waals surface area contributed by atoms with E-state index in [1.165, 1.54) is 12.1 Å². The molecular formula is C13H13FN2O2S. The molecule has 0 radical (unpaired) electrons. The molecule has 2 rings (SSSR count). The van der Waals surface area contributed by atoms with E-state index >= 15 is 0 Å². The van der Waals surface area contributed by atoms with Crippen LogP contribution in [0.25, 0.3) is 0 Å². The number of thiazole rings is 1. The summed E-state index contributed by atoms with van der Waals surface area (Å²) in [5, 5.41) is 14.6. The summed E-state index contributed by atoms with van der Waals surface area (Å²) in [6.07, 6.45) is 0.607. The van der Waals surface area contributed by atoms with Gasteiger partial charge in [-0.25, -0.2) is 9.37 Å². The van der Waals surface area contributed by atoms with Crippen LogP contribution in [-0.2, 0) is 6.42 Å². The number of hydrogen-bond donors (Lipinski definition) is 2. The smallest absolute Gasteiger partial charge is 0.254 e. The molecule has 0 aliphatic heterocycles. The highest BCUT2D eigenvalue weighted by Crippen LogP contribution is 2.14. The van der Waals surface area contributed by atoms with Gasteiger partial charge in [-0.2, -0.15) is 0 Å². The van der Waals surface area contributed by atoms with Crippen molar-refractivity contribution in [1.29, 1.82) is 0 Å². The Bertz CT molecular complexity index is 598. The maximum atomic E-state index is 13.4. The number of benzene rings is 1. The molecule has 0 bridgehead atoms. The van der Waals surface area contributed by atoms with Gasteiger partial charge in [0, 0.05) is 24.4 Å². The summed E-state index contributed by atoms with van der Waals surface area (Å²) in [6.45, 7) is 2.31. The molecule has 1 aromatic heterocycles. The fourth-order valence-electron chi connectivity index (χ4n) is 1.61. The highest BCUT2D eigenvalue weighted by molar-refractivity contribution is 7.09. The van der Waals surface area contributed by atoms with Gasteiger partial charge in [0.25, 0.3) is 5.91 Å². The summed E-state index contributed by atoms with van der Waals surface area (Å²) in [7, 11) is 0. The number of rotatable bonds is 4. The molecule has 0 aliphatic rings. The van der Waals surface area contributed by atoms with Crippen LogP contribution in [0.15, 0.2) is 23.6 Å². The van der Waals surface area contributed by atoms with Crippen LogP contribution in [0.2, 0.25) is 0 Å². The fraction of sp³-hybridized carbons (Fsp3) is 0.231. The lowest BCUT2D eigenvalue weighted by Gasteiger charge is -2.05. The van der Waals surface area contributed by atoms with Gasteiger partial charge in [-0.1, -0.05) is 0 Å². The number of phenolic OH excluding ortho intramolecular Hbond substituents is 1. The third-order valence-electron chi connectivity index (χ3n) is 2.53. The minimum absolute atomic E-state index is 0.0766. The van der Waals surface area contributed by atoms with Crippen molar-refractivity contribution in [3.8, 4) is 5.75 Å². The third-order valence-corrected chi connectivity index (χ3v) is 3.35. The van der Waals surface area contributed by atoms with Crippen molar-refractivity contribution in [2.45, 2.75) is 13.3 Å². The molecule has 2 aromatic rings. The van der Waals surface area contributed by atoms with E-state index in [-0.39, 0.29) is 11.3 Å². The summed E-state index contributed by atoms with van der Waals surface area (Å²) < 4.78 is 13.4. The fourth-order valence-corrected chi connectivity index (χ4v) is 2.26. The van der Waals surface area contributed by atoms with E-state index in [2.05, 4.69) is 10.3 Å². The van der Waals surface area contributed by atoms with Crippen molar-refractivity contribution in [2.24, 2.45) is 0 Å². The minimum Gasteiger partial charge on any atom is -0.508 e. The second kappa shape index (κ2) is 5.79. The van der Waals surface area contributed by atoms with E-state index in [0.29, 0.717) is 13.0 Å². The Kier molecular flexibility index (Phi) is 4.11. The molecule has 2 N–H and O–H groups in total. The molecule has 0 unspecified atom stereocenters. The Morgan fingerprint density at radius 1 is 1.53 bits per heavy atom. The summed E-state index contributed by atoms with van der Waals surface area (Å²) in [6, 6.07) is 3.45. The molecule has 0 aliphatic carbocycles. The first-order valence-corrected chi connectivity index (χ1v) is 6.62. The molecule has 0 saturated heterocycles. The number of carbonyl (C=O) groups is 1. The molecule has 1 aromatic carbocycles. The van der Waals surface area contributed by atoms with Gasteiger partial charge < -0.3 is 10.4 Å². The highest BCUT2D eigenvalue weighted by atomic mass is 32.1. The molecule has 1 amide bonds. The van der Waals surface area contributed by atoms with Crippen LogP contribution in [0.5, 0.6) is 5.75 Å². The zero-order valence-electron chi connectivity index (χ0n) is 10.3. The number of nitrogens with one attached hydrogen (secondary N) is 1. The Morgan fingerprint density at radius 3 is 2.95 bits per heavy atom. The number of nitrogens with zero attached hydrogens (tertiary/aromatic N) is 1. The predicted octanol–water partition coefficient (Wildman–Crippen LogP) is 2.27. The number of phenols is 1. The van der Waals surface area contributed by atoms with Gasteiger partial charge in [-0.05, 0) is 19.1 Å². The van der Waals surface area contributed by atoms with Crippen LogP contribution in [0.4, 0.5) is 4.39 Å². The number of aromatic hydroxyl groups is 1. The van der Waals surface area contributed by atoms with Gasteiger partial charge in [-0.3, -0.25) is 4.79 Å². The number of amides is 1. The standard InChI is InChI=1S/C13H13FN2O2S/c1-8-16-9(7-19-8)4-5-15-13(18)11-3-2-10(17)6-12(11)14/h2-3,6-7,17H,4-5H2,1H3,(H,15,18). The Balaban J connectivity index is 1.90. The van der Waals surface area contributed by atoms with Gasteiger partial charge in [-0.15, -0.1) is 11.3 Å². The van der Waals surface area contributed by atoms with E-state index in [1.807, 2.05) is 12.3 Å². The maximum absolute atomic E-state index is 13.4. The van der Waals surface area contributed by atoms with Crippen LogP contribution in [0.1, 0.15) is 21.1 Å². The van der Waals surface area contributed by atoms with Gasteiger partial charge in [0.15, 0.2) is 0 Å². The Hall–Kier alpha value is -1.95. The number of hydrogen-bond acceptors (Lipinski definition) is 4. The monoisotopic (exact) mass is 280 g/mol. The van der Waals surface area contributed by atoms with Gasteiger partial charge in [0.2, 0.25) is 0 Å². The second-order valence-corrected chi connectivity index (χ2v) is 5.09. The minimum atomic E-state index is -0.734. The second-order valence-electron chi connectivity index (χ2n) is 4.03. The van der Waals surface area contributed by atoms with Crippen LogP contribution in [0.3, 0.4) is 0 Å². The average Bonchev–Trinajstić information content (AvgIpc) is 2.75. The van der Waals surface area contributed by atoms with Crippen molar-refractivity contribution in [1.82, 2.24) is 10.3 Å². The Labute approximate surface area is 113 Å². The molecule has 6 heteroatoms. The third kappa shape index (κ3) is 3.51. The van der Waals surface area contributed by atoms with Gasteiger partial charge in [0.1, 0.15) is 11.6 Å². The van der Waals surface area contributed by atoms with Crippen LogP contribution < -0.4 is 5.32 Å². The van der Waals surface area contributed by atoms with Crippen LogP contribution in [-0.4, -0.2) is 22.5 Å². The normalized spacial score (nSPS) is 10.4. The lowest BCUT2D eigenvalue weighted by molar-refractivity contribution is 0.0950. The van der Waals surface area contributed by atoms with E-state index in [1.54, 1.807) is 11.3 Å². The van der Waals surface area contributed by atoms with Crippen molar-refractivity contribution in [3.63, 3.8) is 0 Å². The van der Waals surface area contributed by atoms with Crippen LogP contribution >= 0.6 is 11.3 Å². The summed E-state index contributed by atoms with van der Waals surface area (Å²) >= 11 is 1.55. The first-order chi connectivity index (χ1) is 9.06. The highest BCUT2D eigenvalue weighted by Gasteiger charge is 2.11. The van der Waals surface area contributed by atoms with E-state index in [0.717, 1.165) is 16.8 Å². The van der Waals surface area contributed by atoms with Gasteiger partial charge >= 0.3 is 0 Å². The van der Waals surface area contributed by atoms with E-state index in [4.69, 9.17) is 5.11 Å². The van der Waals surface area contributed by atoms with Crippen molar-refractivity contribution >= 4 is 17.2 Å². The summed E-state index contributed by atoms with van der Waals surface area (Å²) in [4.78, 5) is 16.0. The first-order valence-electron chi connectivity index (χ1n) is 5.74. The SMILES string of the molecule is Cc1nc(CCNC(=O)c2ccc(O)cc2F)cs1. The number of aryl methyl sites for hydroxylation is 1. The molecule has 4 nitrogen and oxygen atoms in total. The van der Waals surface area contributed by atoms with Crippen molar-refractivity contribution in [3.05, 3.63) is 45.7 Å². The van der Waals surface area contributed by atoms with Gasteiger partial charge in [0.05, 0.1) is 16.3 Å². The lowest BCUT2D eigenvalue weighted by Crippen LogP contribution is -2.26. The zero-order chi connectivity index (χ0) is 13.8. The summed E-state index contributed by atoms with van der Waals surface area (Å²) in [5.41, 5.74) is 0.834. The number of aromatic nitrogens is 1. The maximum Gasteiger partial charge on any atom is 0.254 e. The molecule has 1 heterocycles. The topological polar surface area (TPSA) is 62.2 Å². The largest absolute Gasteiger partial charge is 0.508 e. The lowest BCUT2D eigenvalue weighted by atomic mass is 10.2. The van der Waals surface area contributed by atoms with E-state index < -0.39 is 11.7 Å². The first kappa shape index (κ1) is 13.5. The molecule has 0 atom stereocenters.